The fourth-order valence-corrected chi connectivity index (χ4v) is 3.64. The number of benzene rings is 1. The SMILES string of the molecule is O=S(=O)(Nc1cccc(F)c1)c1c(Cl)nc2ccccn12. The summed E-state index contributed by atoms with van der Waals surface area (Å²) >= 11 is 5.92. The number of nitrogens with one attached hydrogen (secondary N) is 1. The average Bonchev–Trinajstić information content (AvgIpc) is 2.74. The van der Waals surface area contributed by atoms with Crippen LogP contribution in [0.2, 0.25) is 5.15 Å². The summed E-state index contributed by atoms with van der Waals surface area (Å²) in [6.45, 7) is 0. The second-order valence-corrected chi connectivity index (χ2v) is 6.21. The molecule has 0 atom stereocenters. The third kappa shape index (κ3) is 2.57. The normalized spacial score (nSPS) is 11.7. The van der Waals surface area contributed by atoms with E-state index in [0.29, 0.717) is 5.65 Å². The Labute approximate surface area is 125 Å². The zero-order valence-electron chi connectivity index (χ0n) is 10.5. The molecule has 2 aromatic heterocycles. The highest BCUT2D eigenvalue weighted by atomic mass is 35.5. The Hall–Kier alpha value is -2.12. The molecule has 0 fully saturated rings. The molecule has 1 N–H and O–H groups in total. The van der Waals surface area contributed by atoms with Crippen LogP contribution in [0.4, 0.5) is 10.1 Å². The van der Waals surface area contributed by atoms with Crippen molar-refractivity contribution in [1.29, 1.82) is 0 Å². The predicted octanol–water partition coefficient (Wildman–Crippen LogP) is 2.93. The number of hydrogen-bond donors (Lipinski definition) is 1. The molecule has 0 bridgehead atoms. The fraction of sp³-hybridized carbons (Fsp3) is 0. The highest BCUT2D eigenvalue weighted by Gasteiger charge is 2.24. The lowest BCUT2D eigenvalue weighted by Crippen LogP contribution is -2.15. The van der Waals surface area contributed by atoms with Crippen LogP contribution in [-0.4, -0.2) is 17.8 Å². The molecule has 0 amide bonds. The number of hydrogen-bond acceptors (Lipinski definition) is 3. The first kappa shape index (κ1) is 13.8. The highest BCUT2D eigenvalue weighted by molar-refractivity contribution is 7.92. The quantitative estimate of drug-likeness (QED) is 0.805. The Morgan fingerprint density at radius 3 is 2.76 bits per heavy atom. The van der Waals surface area contributed by atoms with Gasteiger partial charge in [-0.25, -0.2) is 9.37 Å². The van der Waals surface area contributed by atoms with E-state index in [2.05, 4.69) is 9.71 Å². The van der Waals surface area contributed by atoms with E-state index in [4.69, 9.17) is 11.6 Å². The van der Waals surface area contributed by atoms with Crippen LogP contribution in [-0.2, 0) is 10.0 Å². The molecule has 5 nitrogen and oxygen atoms in total. The minimum Gasteiger partial charge on any atom is -0.288 e. The van der Waals surface area contributed by atoms with E-state index in [-0.39, 0.29) is 15.9 Å². The van der Waals surface area contributed by atoms with Crippen molar-refractivity contribution in [2.24, 2.45) is 0 Å². The predicted molar refractivity (Wildman–Crippen MR) is 77.4 cm³/mol. The Morgan fingerprint density at radius 2 is 2.00 bits per heavy atom. The van der Waals surface area contributed by atoms with Crippen LogP contribution < -0.4 is 4.72 Å². The molecule has 0 radical (unpaired) electrons. The topological polar surface area (TPSA) is 63.5 Å². The zero-order chi connectivity index (χ0) is 15.0. The van der Waals surface area contributed by atoms with Crippen molar-refractivity contribution >= 4 is 33.0 Å². The van der Waals surface area contributed by atoms with Gasteiger partial charge in [-0.3, -0.25) is 9.12 Å². The summed E-state index contributed by atoms with van der Waals surface area (Å²) in [6.07, 6.45) is 1.54. The van der Waals surface area contributed by atoms with Gasteiger partial charge in [-0.05, 0) is 30.3 Å². The number of nitrogens with zero attached hydrogens (tertiary/aromatic N) is 2. The van der Waals surface area contributed by atoms with Gasteiger partial charge >= 0.3 is 0 Å². The first-order valence-corrected chi connectivity index (χ1v) is 7.74. The molecular formula is C13H9ClFN3O2S. The Morgan fingerprint density at radius 1 is 1.19 bits per heavy atom. The van der Waals surface area contributed by atoms with Crippen molar-refractivity contribution in [1.82, 2.24) is 9.38 Å². The Balaban J connectivity index is 2.10. The van der Waals surface area contributed by atoms with Crippen LogP contribution in [0.15, 0.2) is 53.7 Å². The fourth-order valence-electron chi connectivity index (χ4n) is 1.94. The van der Waals surface area contributed by atoms with Gasteiger partial charge in [0.05, 0.1) is 5.69 Å². The molecule has 21 heavy (non-hydrogen) atoms. The summed E-state index contributed by atoms with van der Waals surface area (Å²) < 4.78 is 41.6. The van der Waals surface area contributed by atoms with Crippen LogP contribution in [0.3, 0.4) is 0 Å². The standard InChI is InChI=1S/C13H9ClFN3O2S/c14-12-13(18-7-2-1-6-11(18)16-12)21(19,20)17-10-5-3-4-9(15)8-10/h1-8,17H. The molecule has 3 rings (SSSR count). The molecule has 8 heteroatoms. The Bertz CT molecular complexity index is 924. The largest absolute Gasteiger partial charge is 0.288 e. The van der Waals surface area contributed by atoms with E-state index in [1.54, 1.807) is 18.2 Å². The highest BCUT2D eigenvalue weighted by Crippen LogP contribution is 2.24. The number of imidazole rings is 1. The van der Waals surface area contributed by atoms with Gasteiger partial charge < -0.3 is 0 Å². The molecule has 0 unspecified atom stereocenters. The van der Waals surface area contributed by atoms with Crippen molar-refractivity contribution in [2.75, 3.05) is 4.72 Å². The van der Waals surface area contributed by atoms with Crippen LogP contribution in [0.5, 0.6) is 0 Å². The smallest absolute Gasteiger partial charge is 0.281 e. The van der Waals surface area contributed by atoms with Gasteiger partial charge in [-0.2, -0.15) is 8.42 Å². The molecule has 0 aliphatic rings. The number of anilines is 1. The maximum absolute atomic E-state index is 13.1. The zero-order valence-corrected chi connectivity index (χ0v) is 12.1. The number of pyridine rings is 1. The molecule has 0 aliphatic heterocycles. The number of halogens is 2. The maximum atomic E-state index is 13.1. The van der Waals surface area contributed by atoms with E-state index in [0.717, 1.165) is 6.07 Å². The van der Waals surface area contributed by atoms with E-state index in [1.807, 2.05) is 0 Å². The van der Waals surface area contributed by atoms with Crippen molar-refractivity contribution in [3.8, 4) is 0 Å². The second kappa shape index (κ2) is 5.01. The third-order valence-corrected chi connectivity index (χ3v) is 4.56. The summed E-state index contributed by atoms with van der Waals surface area (Å²) in [7, 11) is -3.99. The molecule has 3 aromatic rings. The monoisotopic (exact) mass is 325 g/mol. The van der Waals surface area contributed by atoms with E-state index < -0.39 is 15.8 Å². The second-order valence-electron chi connectivity index (χ2n) is 4.25. The number of rotatable bonds is 3. The summed E-state index contributed by atoms with van der Waals surface area (Å²) in [5, 5.41) is -0.339. The first-order valence-electron chi connectivity index (χ1n) is 5.88. The summed E-state index contributed by atoms with van der Waals surface area (Å²) in [6, 6.07) is 10.2. The number of aromatic nitrogens is 2. The van der Waals surface area contributed by atoms with Crippen molar-refractivity contribution in [2.45, 2.75) is 5.03 Å². The molecule has 1 aromatic carbocycles. The minimum atomic E-state index is -3.99. The van der Waals surface area contributed by atoms with Crippen molar-refractivity contribution in [3.63, 3.8) is 0 Å². The molecule has 2 heterocycles. The Kier molecular flexibility index (Phi) is 3.30. The van der Waals surface area contributed by atoms with Gasteiger partial charge in [0, 0.05) is 6.20 Å². The molecular weight excluding hydrogens is 317 g/mol. The summed E-state index contributed by atoms with van der Waals surface area (Å²) in [5.41, 5.74) is 0.513. The number of sulfonamides is 1. The van der Waals surface area contributed by atoms with Crippen LogP contribution >= 0.6 is 11.6 Å². The van der Waals surface area contributed by atoms with Crippen LogP contribution in [0, 0.1) is 5.82 Å². The number of fused-ring (bicyclic) bond motifs is 1. The van der Waals surface area contributed by atoms with Gasteiger partial charge in [0.15, 0.2) is 10.2 Å². The molecule has 108 valence electrons. The van der Waals surface area contributed by atoms with Gasteiger partial charge in [0.2, 0.25) is 0 Å². The van der Waals surface area contributed by atoms with E-state index in [9.17, 15) is 12.8 Å². The summed E-state index contributed by atoms with van der Waals surface area (Å²) in [4.78, 5) is 3.97. The maximum Gasteiger partial charge on any atom is 0.281 e. The van der Waals surface area contributed by atoms with Crippen LogP contribution in [0.1, 0.15) is 0 Å². The lowest BCUT2D eigenvalue weighted by atomic mass is 10.3. The van der Waals surface area contributed by atoms with Gasteiger partial charge in [-0.15, -0.1) is 0 Å². The lowest BCUT2D eigenvalue weighted by molar-refractivity contribution is 0.596. The van der Waals surface area contributed by atoms with Gasteiger partial charge in [0.25, 0.3) is 10.0 Å². The van der Waals surface area contributed by atoms with Crippen molar-refractivity contribution < 1.29 is 12.8 Å². The molecule has 0 saturated heterocycles. The van der Waals surface area contributed by atoms with E-state index in [1.165, 1.54) is 28.8 Å². The van der Waals surface area contributed by atoms with Crippen LogP contribution in [0.25, 0.3) is 5.65 Å². The summed E-state index contributed by atoms with van der Waals surface area (Å²) in [5.74, 6) is -0.542. The van der Waals surface area contributed by atoms with Gasteiger partial charge in [0.1, 0.15) is 11.5 Å². The van der Waals surface area contributed by atoms with Gasteiger partial charge in [-0.1, -0.05) is 23.7 Å². The molecule has 0 spiro atoms. The lowest BCUT2D eigenvalue weighted by Gasteiger charge is -2.08. The minimum absolute atomic E-state index is 0.108. The van der Waals surface area contributed by atoms with E-state index >= 15 is 0 Å². The molecule has 0 aliphatic carbocycles. The average molecular weight is 326 g/mol. The first-order chi connectivity index (χ1) is 9.97. The third-order valence-electron chi connectivity index (χ3n) is 2.78. The van der Waals surface area contributed by atoms with Crippen molar-refractivity contribution in [3.05, 3.63) is 59.6 Å². The molecule has 0 saturated carbocycles.